The largest absolute Gasteiger partial charge is 0.338 e. The molecule has 1 aromatic heterocycles. The summed E-state index contributed by atoms with van der Waals surface area (Å²) in [6.45, 7) is 3.67. The molecule has 1 aliphatic carbocycles. The van der Waals surface area contributed by atoms with Gasteiger partial charge in [-0.05, 0) is 36.6 Å². The maximum Gasteiger partial charge on any atom is 0.204 e. The van der Waals surface area contributed by atoms with Gasteiger partial charge in [0.25, 0.3) is 0 Å². The van der Waals surface area contributed by atoms with E-state index in [9.17, 15) is 4.79 Å². The van der Waals surface area contributed by atoms with Crippen LogP contribution >= 0.6 is 0 Å². The van der Waals surface area contributed by atoms with E-state index in [-0.39, 0.29) is 0 Å². The van der Waals surface area contributed by atoms with E-state index in [1.807, 2.05) is 43.3 Å². The number of aldehydes is 1. The quantitative estimate of drug-likeness (QED) is 0.865. The second-order valence-electron chi connectivity index (χ2n) is 6.45. The number of anilines is 1. The van der Waals surface area contributed by atoms with E-state index in [0.29, 0.717) is 0 Å². The number of fused-ring (bicyclic) bond motifs is 1. The maximum atomic E-state index is 11.3. The molecular weight excluding hydrogens is 286 g/mol. The molecule has 0 saturated carbocycles. The first kappa shape index (κ1) is 14.0. The van der Waals surface area contributed by atoms with Crippen LogP contribution in [0.3, 0.4) is 0 Å². The molecule has 0 fully saturated rings. The van der Waals surface area contributed by atoms with Gasteiger partial charge < -0.3 is 14.7 Å². The van der Waals surface area contributed by atoms with Crippen molar-refractivity contribution in [3.8, 4) is 0 Å². The van der Waals surface area contributed by atoms with E-state index in [1.165, 1.54) is 11.1 Å². The van der Waals surface area contributed by atoms with Crippen molar-refractivity contribution in [3.05, 3.63) is 59.7 Å². The highest BCUT2D eigenvalue weighted by Crippen LogP contribution is 2.30. The Bertz CT molecular complexity index is 825. The SMILES string of the molecule is CC1(C=O)C=CC2=C(C=C1)CN(c1nc3ccccc3[nH]1)CC2. The number of carbonyl (C=O) groups is 1. The van der Waals surface area contributed by atoms with E-state index in [2.05, 4.69) is 22.0 Å². The Balaban J connectivity index is 1.64. The molecule has 0 radical (unpaired) electrons. The predicted molar refractivity (Wildman–Crippen MR) is 92.4 cm³/mol. The molecule has 1 N–H and O–H groups in total. The van der Waals surface area contributed by atoms with Gasteiger partial charge in [0.1, 0.15) is 6.29 Å². The molecule has 23 heavy (non-hydrogen) atoms. The van der Waals surface area contributed by atoms with Gasteiger partial charge in [0, 0.05) is 13.1 Å². The number of H-pyrrole nitrogens is 1. The van der Waals surface area contributed by atoms with Crippen molar-refractivity contribution in [2.24, 2.45) is 5.41 Å². The van der Waals surface area contributed by atoms with E-state index in [1.54, 1.807) is 0 Å². The highest BCUT2D eigenvalue weighted by atomic mass is 16.1. The minimum absolute atomic E-state index is 0.498. The topological polar surface area (TPSA) is 49.0 Å². The van der Waals surface area contributed by atoms with Crippen LogP contribution in [0, 0.1) is 5.41 Å². The minimum Gasteiger partial charge on any atom is -0.338 e. The van der Waals surface area contributed by atoms with Crippen molar-refractivity contribution < 1.29 is 4.79 Å². The summed E-state index contributed by atoms with van der Waals surface area (Å²) >= 11 is 0. The number of nitrogens with one attached hydrogen (secondary N) is 1. The van der Waals surface area contributed by atoms with E-state index >= 15 is 0 Å². The number of carbonyl (C=O) groups excluding carboxylic acids is 1. The van der Waals surface area contributed by atoms with Crippen LogP contribution in [0.15, 0.2) is 59.7 Å². The van der Waals surface area contributed by atoms with Crippen LogP contribution in [0.25, 0.3) is 11.0 Å². The van der Waals surface area contributed by atoms with Crippen LogP contribution in [-0.4, -0.2) is 29.3 Å². The van der Waals surface area contributed by atoms with Gasteiger partial charge in [-0.2, -0.15) is 0 Å². The molecule has 1 aliphatic heterocycles. The number of allylic oxidation sites excluding steroid dienone is 3. The van der Waals surface area contributed by atoms with Gasteiger partial charge in [0.15, 0.2) is 0 Å². The predicted octanol–water partition coefficient (Wildman–Crippen LogP) is 3.40. The normalized spacial score (nSPS) is 24.0. The molecular formula is C19H19N3O. The molecule has 0 spiro atoms. The number of hydrogen-bond donors (Lipinski definition) is 1. The van der Waals surface area contributed by atoms with Crippen LogP contribution in [-0.2, 0) is 4.79 Å². The third kappa shape index (κ3) is 2.50. The van der Waals surface area contributed by atoms with Crippen LogP contribution in [0.2, 0.25) is 0 Å². The van der Waals surface area contributed by atoms with Crippen LogP contribution < -0.4 is 4.90 Å². The average molecular weight is 305 g/mol. The minimum atomic E-state index is -0.498. The molecule has 2 heterocycles. The Labute approximate surface area is 135 Å². The summed E-state index contributed by atoms with van der Waals surface area (Å²) in [5.74, 6) is 0.914. The zero-order chi connectivity index (χ0) is 15.9. The number of nitrogens with zero attached hydrogens (tertiary/aromatic N) is 2. The lowest BCUT2D eigenvalue weighted by molar-refractivity contribution is -0.111. The molecule has 2 aliphatic rings. The maximum absolute atomic E-state index is 11.3. The fourth-order valence-corrected chi connectivity index (χ4v) is 3.12. The van der Waals surface area contributed by atoms with E-state index in [0.717, 1.165) is 42.8 Å². The zero-order valence-electron chi connectivity index (χ0n) is 13.1. The molecule has 4 rings (SSSR count). The number of imidazole rings is 1. The molecule has 4 heteroatoms. The van der Waals surface area contributed by atoms with Crippen molar-refractivity contribution in [1.82, 2.24) is 9.97 Å². The summed E-state index contributed by atoms with van der Waals surface area (Å²) in [7, 11) is 0. The third-order valence-electron chi connectivity index (χ3n) is 4.64. The van der Waals surface area contributed by atoms with Crippen molar-refractivity contribution in [3.63, 3.8) is 0 Å². The third-order valence-corrected chi connectivity index (χ3v) is 4.64. The molecule has 4 nitrogen and oxygen atoms in total. The van der Waals surface area contributed by atoms with Gasteiger partial charge in [-0.3, -0.25) is 0 Å². The number of para-hydroxylation sites is 2. The smallest absolute Gasteiger partial charge is 0.204 e. The van der Waals surface area contributed by atoms with Crippen LogP contribution in [0.1, 0.15) is 13.3 Å². The van der Waals surface area contributed by atoms with E-state index in [4.69, 9.17) is 4.98 Å². The fraction of sp³-hybridized carbons (Fsp3) is 0.263. The monoisotopic (exact) mass is 305 g/mol. The number of aromatic nitrogens is 2. The van der Waals surface area contributed by atoms with Gasteiger partial charge in [-0.1, -0.05) is 36.4 Å². The van der Waals surface area contributed by atoms with Gasteiger partial charge >= 0.3 is 0 Å². The summed E-state index contributed by atoms with van der Waals surface area (Å²) in [6, 6.07) is 8.08. The Morgan fingerprint density at radius 1 is 1.22 bits per heavy atom. The fourth-order valence-electron chi connectivity index (χ4n) is 3.12. The van der Waals surface area contributed by atoms with E-state index < -0.39 is 5.41 Å². The first-order valence-corrected chi connectivity index (χ1v) is 7.93. The Hall–Kier alpha value is -2.62. The van der Waals surface area contributed by atoms with Crippen molar-refractivity contribution in [2.75, 3.05) is 18.0 Å². The van der Waals surface area contributed by atoms with Gasteiger partial charge in [0.2, 0.25) is 5.95 Å². The lowest BCUT2D eigenvalue weighted by atomic mass is 9.92. The van der Waals surface area contributed by atoms with Gasteiger partial charge in [0.05, 0.1) is 16.4 Å². The lowest BCUT2D eigenvalue weighted by Gasteiger charge is -2.28. The number of rotatable bonds is 2. The average Bonchev–Trinajstić information content (AvgIpc) is 2.95. The first-order valence-electron chi connectivity index (χ1n) is 7.93. The van der Waals surface area contributed by atoms with Crippen molar-refractivity contribution in [1.29, 1.82) is 0 Å². The Kier molecular flexibility index (Phi) is 3.18. The van der Waals surface area contributed by atoms with Crippen LogP contribution in [0.4, 0.5) is 5.95 Å². The molecule has 0 amide bonds. The number of hydrogen-bond acceptors (Lipinski definition) is 3. The second-order valence-corrected chi connectivity index (χ2v) is 6.45. The first-order chi connectivity index (χ1) is 11.2. The second kappa shape index (κ2) is 5.23. The Morgan fingerprint density at radius 3 is 2.78 bits per heavy atom. The summed E-state index contributed by atoms with van der Waals surface area (Å²) in [5, 5.41) is 0. The van der Waals surface area contributed by atoms with Crippen LogP contribution in [0.5, 0.6) is 0 Å². The molecule has 1 unspecified atom stereocenters. The summed E-state index contributed by atoms with van der Waals surface area (Å²) in [5.41, 5.74) is 4.14. The van der Waals surface area contributed by atoms with Gasteiger partial charge in [-0.25, -0.2) is 4.98 Å². The van der Waals surface area contributed by atoms with Gasteiger partial charge in [-0.15, -0.1) is 0 Å². The molecule has 1 atom stereocenters. The molecule has 116 valence electrons. The summed E-state index contributed by atoms with van der Waals surface area (Å²) in [4.78, 5) is 21.6. The highest BCUT2D eigenvalue weighted by molar-refractivity contribution is 5.77. The Morgan fingerprint density at radius 2 is 2.00 bits per heavy atom. The summed E-state index contributed by atoms with van der Waals surface area (Å²) < 4.78 is 0. The summed E-state index contributed by atoms with van der Waals surface area (Å²) in [6.07, 6.45) is 10.1. The number of aromatic amines is 1. The number of benzene rings is 1. The highest BCUT2D eigenvalue weighted by Gasteiger charge is 2.23. The molecule has 0 saturated heterocycles. The van der Waals surface area contributed by atoms with Crippen molar-refractivity contribution in [2.45, 2.75) is 13.3 Å². The molecule has 2 aromatic rings. The van der Waals surface area contributed by atoms with Crippen molar-refractivity contribution >= 4 is 23.3 Å². The molecule has 1 aromatic carbocycles. The lowest BCUT2D eigenvalue weighted by Crippen LogP contribution is -2.31. The molecule has 0 bridgehead atoms. The standard InChI is InChI=1S/C19H19N3O/c1-19(13-23)9-6-14-8-11-22(12-15(14)7-10-19)18-20-16-4-2-3-5-17(16)21-18/h2-7,9-10,13H,8,11-12H2,1H3,(H,20,21). The zero-order valence-corrected chi connectivity index (χ0v) is 13.1.